The van der Waals surface area contributed by atoms with Gasteiger partial charge in [0.05, 0.1) is 10.6 Å². The summed E-state index contributed by atoms with van der Waals surface area (Å²) >= 11 is 13.5. The van der Waals surface area contributed by atoms with Crippen molar-refractivity contribution in [1.82, 2.24) is 5.32 Å². The lowest BCUT2D eigenvalue weighted by Gasteiger charge is -2.20. The number of benzene rings is 2. The van der Waals surface area contributed by atoms with Crippen LogP contribution in [0.2, 0.25) is 10.0 Å². The third-order valence-electron chi connectivity index (χ3n) is 4.51. The van der Waals surface area contributed by atoms with E-state index in [-0.39, 0.29) is 16.5 Å². The third-order valence-corrected chi connectivity index (χ3v) is 5.70. The fraction of sp³-hybridized carbons (Fsp3) is 0.304. The molecule has 2 atom stereocenters. The van der Waals surface area contributed by atoms with E-state index < -0.39 is 29.9 Å². The summed E-state index contributed by atoms with van der Waals surface area (Å²) < 4.78 is 5.32. The van der Waals surface area contributed by atoms with Crippen LogP contribution in [-0.2, 0) is 19.1 Å². The summed E-state index contributed by atoms with van der Waals surface area (Å²) in [4.78, 5) is 49.0. The average Bonchev–Trinajstić information content (AvgIpc) is 2.77. The Morgan fingerprint density at radius 2 is 1.62 bits per heavy atom. The molecule has 0 radical (unpaired) electrons. The van der Waals surface area contributed by atoms with Crippen molar-refractivity contribution >= 4 is 70.0 Å². The SMILES string of the molecule is CSCCC(NC(=O)c1ccc(Cl)cc1Cl)C(=O)OC(C)C(=O)Nc1ccc(NC(C)=O)cc1. The van der Waals surface area contributed by atoms with Gasteiger partial charge in [0.25, 0.3) is 11.8 Å². The lowest BCUT2D eigenvalue weighted by molar-refractivity contribution is -0.155. The highest BCUT2D eigenvalue weighted by Crippen LogP contribution is 2.21. The second-order valence-corrected chi connectivity index (χ2v) is 9.09. The normalized spacial score (nSPS) is 12.3. The van der Waals surface area contributed by atoms with E-state index >= 15 is 0 Å². The van der Waals surface area contributed by atoms with Crippen LogP contribution < -0.4 is 16.0 Å². The minimum atomic E-state index is -1.12. The van der Waals surface area contributed by atoms with Crippen molar-refractivity contribution in [3.05, 3.63) is 58.1 Å². The molecule has 0 saturated carbocycles. The number of carbonyl (C=O) groups is 4. The summed E-state index contributed by atoms with van der Waals surface area (Å²) in [6.45, 7) is 2.83. The third kappa shape index (κ3) is 8.55. The molecular formula is C23H25Cl2N3O5S. The van der Waals surface area contributed by atoms with Gasteiger partial charge in [0.1, 0.15) is 6.04 Å². The topological polar surface area (TPSA) is 114 Å². The lowest BCUT2D eigenvalue weighted by Crippen LogP contribution is -2.44. The van der Waals surface area contributed by atoms with Gasteiger partial charge in [0, 0.05) is 23.3 Å². The first kappa shape index (κ1) is 27.5. The quantitative estimate of drug-likeness (QED) is 0.396. The maximum Gasteiger partial charge on any atom is 0.329 e. The average molecular weight is 526 g/mol. The number of rotatable bonds is 10. The lowest BCUT2D eigenvalue weighted by atomic mass is 10.1. The first-order valence-corrected chi connectivity index (χ1v) is 12.4. The second-order valence-electron chi connectivity index (χ2n) is 7.26. The Hall–Kier alpha value is -2.75. The predicted octanol–water partition coefficient (Wildman–Crippen LogP) is 4.37. The molecule has 0 aromatic heterocycles. The van der Waals surface area contributed by atoms with Crippen LogP contribution in [0.15, 0.2) is 42.5 Å². The molecule has 2 unspecified atom stereocenters. The van der Waals surface area contributed by atoms with E-state index in [1.807, 2.05) is 6.26 Å². The van der Waals surface area contributed by atoms with E-state index in [0.717, 1.165) is 0 Å². The summed E-state index contributed by atoms with van der Waals surface area (Å²) in [7, 11) is 0. The molecule has 2 aromatic rings. The molecule has 8 nitrogen and oxygen atoms in total. The van der Waals surface area contributed by atoms with Crippen LogP contribution in [0.3, 0.4) is 0 Å². The smallest absolute Gasteiger partial charge is 0.329 e. The zero-order valence-corrected chi connectivity index (χ0v) is 21.1. The predicted molar refractivity (Wildman–Crippen MR) is 136 cm³/mol. The van der Waals surface area contributed by atoms with Gasteiger partial charge in [-0.1, -0.05) is 23.2 Å². The molecule has 2 aromatic carbocycles. The van der Waals surface area contributed by atoms with Gasteiger partial charge < -0.3 is 20.7 Å². The van der Waals surface area contributed by atoms with Crippen LogP contribution >= 0.6 is 35.0 Å². The molecule has 0 aliphatic heterocycles. The second kappa shape index (κ2) is 13.2. The Morgan fingerprint density at radius 3 is 2.18 bits per heavy atom. The maximum atomic E-state index is 12.7. The monoisotopic (exact) mass is 525 g/mol. The molecule has 0 fully saturated rings. The molecule has 0 aliphatic rings. The summed E-state index contributed by atoms with van der Waals surface area (Å²) in [6.07, 6.45) is 1.05. The minimum absolute atomic E-state index is 0.152. The molecule has 11 heteroatoms. The molecule has 34 heavy (non-hydrogen) atoms. The van der Waals surface area contributed by atoms with E-state index in [2.05, 4.69) is 16.0 Å². The van der Waals surface area contributed by atoms with Gasteiger partial charge in [0.15, 0.2) is 6.10 Å². The molecular weight excluding hydrogens is 501 g/mol. The van der Waals surface area contributed by atoms with E-state index in [1.165, 1.54) is 43.8 Å². The Morgan fingerprint density at radius 1 is 1.00 bits per heavy atom. The van der Waals surface area contributed by atoms with Gasteiger partial charge >= 0.3 is 5.97 Å². The molecule has 0 bridgehead atoms. The zero-order chi connectivity index (χ0) is 25.3. The minimum Gasteiger partial charge on any atom is -0.451 e. The van der Waals surface area contributed by atoms with Crippen molar-refractivity contribution in [1.29, 1.82) is 0 Å². The van der Waals surface area contributed by atoms with Crippen molar-refractivity contribution in [3.63, 3.8) is 0 Å². The van der Waals surface area contributed by atoms with Gasteiger partial charge in [-0.15, -0.1) is 0 Å². The molecule has 0 aliphatic carbocycles. The van der Waals surface area contributed by atoms with Gasteiger partial charge in [-0.3, -0.25) is 14.4 Å². The summed E-state index contributed by atoms with van der Waals surface area (Å²) in [5.41, 5.74) is 1.21. The Labute approximate surface area is 212 Å². The summed E-state index contributed by atoms with van der Waals surface area (Å²) in [6, 6.07) is 9.91. The number of nitrogens with one attached hydrogen (secondary N) is 3. The van der Waals surface area contributed by atoms with Gasteiger partial charge in [-0.05, 0) is 67.8 Å². The largest absolute Gasteiger partial charge is 0.451 e. The number of carbonyl (C=O) groups excluding carboxylic acids is 4. The molecule has 3 amide bonds. The van der Waals surface area contributed by atoms with E-state index in [9.17, 15) is 19.2 Å². The number of thioether (sulfide) groups is 1. The van der Waals surface area contributed by atoms with Crippen LogP contribution in [0, 0.1) is 0 Å². The highest BCUT2D eigenvalue weighted by Gasteiger charge is 2.27. The fourth-order valence-corrected chi connectivity index (χ4v) is 3.75. The van der Waals surface area contributed by atoms with Crippen molar-refractivity contribution in [2.24, 2.45) is 0 Å². The highest BCUT2D eigenvalue weighted by molar-refractivity contribution is 7.98. The molecule has 3 N–H and O–H groups in total. The first-order valence-electron chi connectivity index (χ1n) is 10.2. The number of hydrogen-bond donors (Lipinski definition) is 3. The molecule has 182 valence electrons. The van der Waals surface area contributed by atoms with Crippen LogP contribution in [0.25, 0.3) is 0 Å². The van der Waals surface area contributed by atoms with Crippen molar-refractivity contribution < 1.29 is 23.9 Å². The Balaban J connectivity index is 2.00. The zero-order valence-electron chi connectivity index (χ0n) is 18.8. The number of anilines is 2. The number of ether oxygens (including phenoxy) is 1. The molecule has 2 rings (SSSR count). The standard InChI is InChI=1S/C23H25Cl2N3O5S/c1-13(21(30)27-17-7-5-16(6-8-17)26-14(2)29)33-23(32)20(10-11-34-3)28-22(31)18-9-4-15(24)12-19(18)25/h4-9,12-13,20H,10-11H2,1-3H3,(H,26,29)(H,27,30)(H,28,31). The molecule has 0 saturated heterocycles. The molecule has 0 spiro atoms. The summed E-state index contributed by atoms with van der Waals surface area (Å²) in [5.74, 6) is -1.47. The Kier molecular flexibility index (Phi) is 10.7. The number of esters is 1. The first-order chi connectivity index (χ1) is 16.1. The van der Waals surface area contributed by atoms with E-state index in [0.29, 0.717) is 28.6 Å². The van der Waals surface area contributed by atoms with Gasteiger partial charge in [-0.2, -0.15) is 11.8 Å². The van der Waals surface area contributed by atoms with Crippen molar-refractivity contribution in [3.8, 4) is 0 Å². The highest BCUT2D eigenvalue weighted by atomic mass is 35.5. The van der Waals surface area contributed by atoms with Gasteiger partial charge in [-0.25, -0.2) is 4.79 Å². The molecule has 0 heterocycles. The van der Waals surface area contributed by atoms with Crippen LogP contribution in [0.4, 0.5) is 11.4 Å². The summed E-state index contributed by atoms with van der Waals surface area (Å²) in [5, 5.41) is 8.42. The fourth-order valence-electron chi connectivity index (χ4n) is 2.79. The Bertz CT molecular complexity index is 1050. The van der Waals surface area contributed by atoms with E-state index in [4.69, 9.17) is 27.9 Å². The van der Waals surface area contributed by atoms with Crippen LogP contribution in [0.1, 0.15) is 30.6 Å². The maximum absolute atomic E-state index is 12.7. The van der Waals surface area contributed by atoms with Crippen LogP contribution in [0.5, 0.6) is 0 Å². The van der Waals surface area contributed by atoms with Crippen molar-refractivity contribution in [2.45, 2.75) is 32.4 Å². The van der Waals surface area contributed by atoms with E-state index in [1.54, 1.807) is 24.3 Å². The van der Waals surface area contributed by atoms with Crippen LogP contribution in [-0.4, -0.2) is 47.8 Å². The number of halogens is 2. The van der Waals surface area contributed by atoms with Crippen molar-refractivity contribution in [2.75, 3.05) is 22.6 Å². The van der Waals surface area contributed by atoms with Gasteiger partial charge in [0.2, 0.25) is 5.91 Å². The number of amides is 3. The number of hydrogen-bond acceptors (Lipinski definition) is 6.